The fourth-order valence-corrected chi connectivity index (χ4v) is 3.71. The standard InChI is InChI=1S/C12H17NS/c1-11(5-6-11)12(2)9-4-8-14-10(9)3-7-13-12/h4,8,13H,3,5-7H2,1-2H3. The Hall–Kier alpha value is -0.340. The van der Waals surface area contributed by atoms with E-state index in [4.69, 9.17) is 0 Å². The highest BCUT2D eigenvalue weighted by Crippen LogP contribution is 2.59. The lowest BCUT2D eigenvalue weighted by atomic mass is 9.76. The fraction of sp³-hybridized carbons (Fsp3) is 0.667. The number of rotatable bonds is 1. The lowest BCUT2D eigenvalue weighted by Gasteiger charge is -2.41. The summed E-state index contributed by atoms with van der Waals surface area (Å²) in [5.74, 6) is 0. The van der Waals surface area contributed by atoms with Crippen LogP contribution in [0.3, 0.4) is 0 Å². The topological polar surface area (TPSA) is 12.0 Å². The van der Waals surface area contributed by atoms with E-state index in [1.807, 2.05) is 11.3 Å². The summed E-state index contributed by atoms with van der Waals surface area (Å²) in [7, 11) is 0. The second-order valence-electron chi connectivity index (χ2n) is 5.12. The zero-order valence-electron chi connectivity index (χ0n) is 8.89. The molecule has 1 N–H and O–H groups in total. The lowest BCUT2D eigenvalue weighted by molar-refractivity contribution is 0.217. The van der Waals surface area contributed by atoms with Gasteiger partial charge in [0, 0.05) is 17.0 Å². The minimum Gasteiger partial charge on any atom is -0.307 e. The van der Waals surface area contributed by atoms with E-state index in [-0.39, 0.29) is 5.54 Å². The van der Waals surface area contributed by atoms with Gasteiger partial charge in [0.05, 0.1) is 0 Å². The molecule has 76 valence electrons. The first-order chi connectivity index (χ1) is 6.66. The van der Waals surface area contributed by atoms with Gasteiger partial charge in [-0.25, -0.2) is 0 Å². The molecule has 1 aliphatic heterocycles. The van der Waals surface area contributed by atoms with Crippen molar-refractivity contribution in [2.24, 2.45) is 5.41 Å². The van der Waals surface area contributed by atoms with Crippen LogP contribution in [-0.4, -0.2) is 6.54 Å². The van der Waals surface area contributed by atoms with Crippen molar-refractivity contribution in [1.29, 1.82) is 0 Å². The van der Waals surface area contributed by atoms with Crippen LogP contribution in [0.5, 0.6) is 0 Å². The third kappa shape index (κ3) is 0.986. The first kappa shape index (κ1) is 8.93. The molecule has 3 rings (SSSR count). The van der Waals surface area contributed by atoms with Gasteiger partial charge in [-0.15, -0.1) is 11.3 Å². The molecule has 14 heavy (non-hydrogen) atoms. The van der Waals surface area contributed by atoms with E-state index in [0.29, 0.717) is 5.41 Å². The monoisotopic (exact) mass is 207 g/mol. The van der Waals surface area contributed by atoms with Gasteiger partial charge < -0.3 is 5.32 Å². The van der Waals surface area contributed by atoms with E-state index in [9.17, 15) is 0 Å². The Morgan fingerprint density at radius 3 is 2.86 bits per heavy atom. The van der Waals surface area contributed by atoms with Crippen molar-refractivity contribution >= 4 is 11.3 Å². The molecule has 0 amide bonds. The van der Waals surface area contributed by atoms with E-state index in [0.717, 1.165) is 6.54 Å². The van der Waals surface area contributed by atoms with Crippen LogP contribution in [0.1, 0.15) is 37.1 Å². The van der Waals surface area contributed by atoms with E-state index < -0.39 is 0 Å². The predicted molar refractivity (Wildman–Crippen MR) is 60.7 cm³/mol. The summed E-state index contributed by atoms with van der Waals surface area (Å²) in [6.45, 7) is 5.97. The minimum atomic E-state index is 0.251. The van der Waals surface area contributed by atoms with E-state index in [2.05, 4.69) is 30.6 Å². The van der Waals surface area contributed by atoms with Crippen LogP contribution in [0.2, 0.25) is 0 Å². The lowest BCUT2D eigenvalue weighted by Crippen LogP contribution is -2.50. The van der Waals surface area contributed by atoms with Crippen LogP contribution in [0.4, 0.5) is 0 Å². The summed E-state index contributed by atoms with van der Waals surface area (Å²) in [6, 6.07) is 2.33. The van der Waals surface area contributed by atoms with Crippen LogP contribution in [0.15, 0.2) is 11.4 Å². The molecule has 1 fully saturated rings. The highest BCUT2D eigenvalue weighted by atomic mass is 32.1. The maximum atomic E-state index is 3.75. The van der Waals surface area contributed by atoms with E-state index in [1.165, 1.54) is 19.3 Å². The molecular weight excluding hydrogens is 190 g/mol. The molecule has 1 aliphatic carbocycles. The third-order valence-electron chi connectivity index (χ3n) is 4.32. The maximum absolute atomic E-state index is 3.75. The molecule has 0 spiro atoms. The summed E-state index contributed by atoms with van der Waals surface area (Å²) in [5.41, 5.74) is 2.35. The molecule has 2 heteroatoms. The number of nitrogens with one attached hydrogen (secondary N) is 1. The molecule has 0 aromatic carbocycles. The highest BCUT2D eigenvalue weighted by molar-refractivity contribution is 7.10. The Kier molecular flexibility index (Phi) is 1.67. The molecule has 1 saturated carbocycles. The van der Waals surface area contributed by atoms with E-state index in [1.54, 1.807) is 10.4 Å². The van der Waals surface area contributed by atoms with Gasteiger partial charge >= 0.3 is 0 Å². The molecule has 0 radical (unpaired) electrons. The third-order valence-corrected chi connectivity index (χ3v) is 5.30. The maximum Gasteiger partial charge on any atom is 0.0471 e. The SMILES string of the molecule is CC1(C2(C)NCCc3sccc32)CC1. The average Bonchev–Trinajstić information content (AvgIpc) is 2.76. The van der Waals surface area contributed by atoms with Crippen molar-refractivity contribution in [2.45, 2.75) is 38.6 Å². The number of hydrogen-bond donors (Lipinski definition) is 1. The summed E-state index contributed by atoms with van der Waals surface area (Å²) in [5, 5.41) is 6.00. The van der Waals surface area contributed by atoms with Crippen molar-refractivity contribution in [1.82, 2.24) is 5.32 Å². The predicted octanol–water partition coefficient (Wildman–Crippen LogP) is 2.91. The molecule has 0 saturated heterocycles. The Labute approximate surface area is 89.5 Å². The van der Waals surface area contributed by atoms with Crippen LogP contribution in [0.25, 0.3) is 0 Å². The first-order valence-electron chi connectivity index (χ1n) is 5.48. The van der Waals surface area contributed by atoms with Gasteiger partial charge in [0.2, 0.25) is 0 Å². The molecule has 1 aromatic heterocycles. The fourth-order valence-electron chi connectivity index (χ4n) is 2.73. The van der Waals surface area contributed by atoms with Gasteiger partial charge in [-0.05, 0) is 48.6 Å². The molecular formula is C12H17NS. The van der Waals surface area contributed by atoms with Gasteiger partial charge in [-0.2, -0.15) is 0 Å². The molecule has 1 nitrogen and oxygen atoms in total. The molecule has 0 bridgehead atoms. The molecule has 2 aliphatic rings. The summed E-state index contributed by atoms with van der Waals surface area (Å²) in [4.78, 5) is 1.61. The highest BCUT2D eigenvalue weighted by Gasteiger charge is 2.55. The molecule has 1 unspecified atom stereocenters. The van der Waals surface area contributed by atoms with Crippen molar-refractivity contribution in [3.8, 4) is 0 Å². The van der Waals surface area contributed by atoms with Crippen molar-refractivity contribution in [2.75, 3.05) is 6.54 Å². The van der Waals surface area contributed by atoms with E-state index >= 15 is 0 Å². The normalized spacial score (nSPS) is 33.9. The first-order valence-corrected chi connectivity index (χ1v) is 6.36. The van der Waals surface area contributed by atoms with Gasteiger partial charge in [-0.3, -0.25) is 0 Å². The Morgan fingerprint density at radius 2 is 2.14 bits per heavy atom. The van der Waals surface area contributed by atoms with Crippen molar-refractivity contribution in [3.05, 3.63) is 21.9 Å². The zero-order valence-corrected chi connectivity index (χ0v) is 9.71. The number of fused-ring (bicyclic) bond motifs is 1. The zero-order chi connectivity index (χ0) is 9.81. The summed E-state index contributed by atoms with van der Waals surface area (Å²) >= 11 is 1.93. The second kappa shape index (κ2) is 2.61. The smallest absolute Gasteiger partial charge is 0.0471 e. The quantitative estimate of drug-likeness (QED) is 0.746. The second-order valence-corrected chi connectivity index (χ2v) is 6.12. The van der Waals surface area contributed by atoms with Gasteiger partial charge in [0.1, 0.15) is 0 Å². The summed E-state index contributed by atoms with van der Waals surface area (Å²) < 4.78 is 0. The Balaban J connectivity index is 2.11. The van der Waals surface area contributed by atoms with Gasteiger partial charge in [0.15, 0.2) is 0 Å². The minimum absolute atomic E-state index is 0.251. The van der Waals surface area contributed by atoms with Crippen molar-refractivity contribution in [3.63, 3.8) is 0 Å². The van der Waals surface area contributed by atoms with Gasteiger partial charge in [-0.1, -0.05) is 6.92 Å². The number of hydrogen-bond acceptors (Lipinski definition) is 2. The van der Waals surface area contributed by atoms with Crippen LogP contribution in [0, 0.1) is 5.41 Å². The van der Waals surface area contributed by atoms with Crippen molar-refractivity contribution < 1.29 is 0 Å². The molecule has 2 heterocycles. The number of thiophene rings is 1. The Bertz CT molecular complexity index is 364. The Morgan fingerprint density at radius 1 is 1.36 bits per heavy atom. The van der Waals surface area contributed by atoms with Crippen LogP contribution in [-0.2, 0) is 12.0 Å². The molecule has 1 aromatic rings. The van der Waals surface area contributed by atoms with Gasteiger partial charge in [0.25, 0.3) is 0 Å². The molecule has 1 atom stereocenters. The largest absolute Gasteiger partial charge is 0.307 e. The van der Waals surface area contributed by atoms with Crippen LogP contribution < -0.4 is 5.32 Å². The summed E-state index contributed by atoms with van der Waals surface area (Å²) in [6.07, 6.45) is 3.98. The average molecular weight is 207 g/mol. The van der Waals surface area contributed by atoms with Crippen LogP contribution >= 0.6 is 11.3 Å².